The summed E-state index contributed by atoms with van der Waals surface area (Å²) >= 11 is 0. The number of benzene rings is 1. The van der Waals surface area contributed by atoms with Crippen molar-refractivity contribution < 1.29 is 14.3 Å². The number of fused-ring (bicyclic) bond motifs is 1. The van der Waals surface area contributed by atoms with Crippen molar-refractivity contribution in [3.63, 3.8) is 0 Å². The van der Waals surface area contributed by atoms with Gasteiger partial charge in [0.25, 0.3) is 0 Å². The van der Waals surface area contributed by atoms with Gasteiger partial charge in [0, 0.05) is 36.9 Å². The first-order valence-corrected chi connectivity index (χ1v) is 8.90. The monoisotopic (exact) mass is 370 g/mol. The lowest BCUT2D eigenvalue weighted by Crippen LogP contribution is -2.29. The van der Waals surface area contributed by atoms with E-state index in [1.807, 2.05) is 0 Å². The number of nitriles is 1. The summed E-state index contributed by atoms with van der Waals surface area (Å²) in [5.41, 5.74) is 5.42. The molecule has 4 rings (SSSR count). The third-order valence-electron chi connectivity index (χ3n) is 5.44. The third-order valence-corrected chi connectivity index (χ3v) is 5.44. The summed E-state index contributed by atoms with van der Waals surface area (Å²) in [5.74, 6) is -2.01. The number of aromatic nitrogens is 1. The molecule has 7 nitrogen and oxygen atoms in total. The SMILES string of the molecule is Cc1c(F)c(N2CCC(N)C2)c(C#N)c2c1c(=O)c(C(=O)O)cn2C1CC1. The fourth-order valence-corrected chi connectivity index (χ4v) is 3.93. The Bertz CT molecular complexity index is 1080. The van der Waals surface area contributed by atoms with Crippen LogP contribution in [0, 0.1) is 24.1 Å². The van der Waals surface area contributed by atoms with E-state index >= 15 is 4.39 Å². The van der Waals surface area contributed by atoms with Crippen LogP contribution >= 0.6 is 0 Å². The predicted molar refractivity (Wildman–Crippen MR) is 97.7 cm³/mol. The minimum absolute atomic E-state index is 0.0110. The van der Waals surface area contributed by atoms with Crippen LogP contribution in [0.2, 0.25) is 0 Å². The number of hydrogen-bond acceptors (Lipinski definition) is 5. The smallest absolute Gasteiger partial charge is 0.341 e. The average Bonchev–Trinajstić information content (AvgIpc) is 3.38. The van der Waals surface area contributed by atoms with Crippen LogP contribution in [0.25, 0.3) is 10.9 Å². The number of carboxylic acid groups (broad SMARTS) is 1. The third kappa shape index (κ3) is 2.58. The number of nitrogens with zero attached hydrogens (tertiary/aromatic N) is 3. The van der Waals surface area contributed by atoms with Gasteiger partial charge in [-0.25, -0.2) is 9.18 Å². The Morgan fingerprint density at radius 2 is 2.11 bits per heavy atom. The summed E-state index contributed by atoms with van der Waals surface area (Å²) in [6.45, 7) is 2.42. The number of aryl methyl sites for hydroxylation is 1. The molecule has 1 aromatic heterocycles. The van der Waals surface area contributed by atoms with Crippen LogP contribution in [0.4, 0.5) is 10.1 Å². The van der Waals surface area contributed by atoms with E-state index < -0.39 is 22.8 Å². The van der Waals surface area contributed by atoms with Gasteiger partial charge in [-0.1, -0.05) is 0 Å². The average molecular weight is 370 g/mol. The minimum Gasteiger partial charge on any atom is -0.477 e. The van der Waals surface area contributed by atoms with Crippen molar-refractivity contribution in [2.24, 2.45) is 5.73 Å². The maximum Gasteiger partial charge on any atom is 0.341 e. The first-order valence-electron chi connectivity index (χ1n) is 8.90. The van der Waals surface area contributed by atoms with Crippen LogP contribution in [0.3, 0.4) is 0 Å². The molecule has 1 saturated carbocycles. The molecular weight excluding hydrogens is 351 g/mol. The van der Waals surface area contributed by atoms with Crippen molar-refractivity contribution >= 4 is 22.6 Å². The number of rotatable bonds is 3. The van der Waals surface area contributed by atoms with E-state index in [4.69, 9.17) is 5.73 Å². The molecule has 1 atom stereocenters. The number of hydrogen-bond donors (Lipinski definition) is 2. The molecule has 8 heteroatoms. The van der Waals surface area contributed by atoms with Gasteiger partial charge in [0.15, 0.2) is 5.82 Å². The molecule has 0 bridgehead atoms. The highest BCUT2D eigenvalue weighted by molar-refractivity contribution is 5.98. The summed E-state index contributed by atoms with van der Waals surface area (Å²) in [5, 5.41) is 19.2. The van der Waals surface area contributed by atoms with E-state index in [1.165, 1.54) is 13.1 Å². The van der Waals surface area contributed by atoms with Crippen molar-refractivity contribution in [3.8, 4) is 6.07 Å². The molecule has 1 aliphatic heterocycles. The zero-order valence-electron chi connectivity index (χ0n) is 14.8. The number of anilines is 1. The van der Waals surface area contributed by atoms with Gasteiger partial charge in [-0.3, -0.25) is 4.79 Å². The summed E-state index contributed by atoms with van der Waals surface area (Å²) in [6, 6.07) is 1.97. The highest BCUT2D eigenvalue weighted by atomic mass is 19.1. The van der Waals surface area contributed by atoms with Crippen LogP contribution in [0.1, 0.15) is 46.8 Å². The van der Waals surface area contributed by atoms with Crippen LogP contribution in [0.5, 0.6) is 0 Å². The van der Waals surface area contributed by atoms with Crippen molar-refractivity contribution in [3.05, 3.63) is 38.9 Å². The number of halogens is 1. The molecule has 0 amide bonds. The van der Waals surface area contributed by atoms with Crippen molar-refractivity contribution in [2.75, 3.05) is 18.0 Å². The van der Waals surface area contributed by atoms with Gasteiger partial charge in [0.05, 0.1) is 16.6 Å². The Labute approximate surface area is 154 Å². The maximum absolute atomic E-state index is 15.3. The molecule has 0 spiro atoms. The molecule has 1 aromatic carbocycles. The molecule has 1 aliphatic carbocycles. The van der Waals surface area contributed by atoms with Crippen molar-refractivity contribution in [1.82, 2.24) is 4.57 Å². The molecular formula is C19H19FN4O3. The van der Waals surface area contributed by atoms with Gasteiger partial charge >= 0.3 is 5.97 Å². The Morgan fingerprint density at radius 3 is 2.63 bits per heavy atom. The van der Waals surface area contributed by atoms with E-state index in [0.29, 0.717) is 25.0 Å². The Balaban J connectivity index is 2.15. The Morgan fingerprint density at radius 1 is 1.41 bits per heavy atom. The van der Waals surface area contributed by atoms with Gasteiger partial charge in [-0.15, -0.1) is 0 Å². The van der Waals surface area contributed by atoms with Gasteiger partial charge < -0.3 is 20.3 Å². The number of nitrogens with two attached hydrogens (primary N) is 1. The fraction of sp³-hybridized carbons (Fsp3) is 0.421. The zero-order chi connectivity index (χ0) is 19.5. The lowest BCUT2D eigenvalue weighted by Gasteiger charge is -2.24. The lowest BCUT2D eigenvalue weighted by atomic mass is 9.99. The number of carbonyl (C=O) groups is 1. The summed E-state index contributed by atoms with van der Waals surface area (Å²) in [6.07, 6.45) is 3.63. The number of aromatic carboxylic acids is 1. The van der Waals surface area contributed by atoms with E-state index in [0.717, 1.165) is 12.8 Å². The standard InChI is InChI=1S/C19H19FN4O3/c1-9-14-16(24(11-2-3-11)8-13(18(14)25)19(26)27)12(6-21)17(15(9)20)23-5-4-10(22)7-23/h8,10-11H,2-5,7,22H2,1H3,(H,26,27). The van der Waals surface area contributed by atoms with Crippen LogP contribution < -0.4 is 16.1 Å². The predicted octanol–water partition coefficient (Wildman–Crippen LogP) is 1.89. The molecule has 1 unspecified atom stereocenters. The largest absolute Gasteiger partial charge is 0.477 e. The fourth-order valence-electron chi connectivity index (χ4n) is 3.93. The highest BCUT2D eigenvalue weighted by Gasteiger charge is 2.33. The molecule has 2 aromatic rings. The van der Waals surface area contributed by atoms with Gasteiger partial charge in [0.1, 0.15) is 17.2 Å². The van der Waals surface area contributed by atoms with E-state index in [9.17, 15) is 20.0 Å². The molecule has 0 radical (unpaired) electrons. The Kier molecular flexibility index (Phi) is 3.93. The van der Waals surface area contributed by atoms with E-state index in [-0.39, 0.29) is 34.3 Å². The van der Waals surface area contributed by atoms with E-state index in [1.54, 1.807) is 9.47 Å². The molecule has 2 aliphatic rings. The van der Waals surface area contributed by atoms with Crippen LogP contribution in [0.15, 0.2) is 11.0 Å². The molecule has 140 valence electrons. The van der Waals surface area contributed by atoms with Crippen LogP contribution in [-0.4, -0.2) is 34.8 Å². The van der Waals surface area contributed by atoms with Crippen LogP contribution in [-0.2, 0) is 0 Å². The Hall–Kier alpha value is -2.92. The summed E-state index contributed by atoms with van der Waals surface area (Å²) < 4.78 is 17.0. The second kappa shape index (κ2) is 6.06. The first kappa shape index (κ1) is 17.5. The maximum atomic E-state index is 15.3. The molecule has 2 heterocycles. The molecule has 1 saturated heterocycles. The second-order valence-electron chi connectivity index (χ2n) is 7.31. The number of carboxylic acids is 1. The molecule has 3 N–H and O–H groups in total. The van der Waals surface area contributed by atoms with Gasteiger partial charge in [-0.05, 0) is 26.2 Å². The minimum atomic E-state index is -1.36. The second-order valence-corrected chi connectivity index (χ2v) is 7.31. The normalized spacial score (nSPS) is 19.5. The summed E-state index contributed by atoms with van der Waals surface area (Å²) in [4.78, 5) is 26.1. The first-order chi connectivity index (χ1) is 12.8. The highest BCUT2D eigenvalue weighted by Crippen LogP contribution is 2.41. The van der Waals surface area contributed by atoms with Crippen molar-refractivity contribution in [1.29, 1.82) is 5.26 Å². The van der Waals surface area contributed by atoms with E-state index in [2.05, 4.69) is 6.07 Å². The summed E-state index contributed by atoms with van der Waals surface area (Å²) in [7, 11) is 0. The quantitative estimate of drug-likeness (QED) is 0.853. The van der Waals surface area contributed by atoms with Crippen molar-refractivity contribution in [2.45, 2.75) is 38.3 Å². The number of pyridine rings is 1. The lowest BCUT2D eigenvalue weighted by molar-refractivity contribution is 0.0695. The molecule has 27 heavy (non-hydrogen) atoms. The zero-order valence-corrected chi connectivity index (χ0v) is 14.8. The van der Waals surface area contributed by atoms with Gasteiger partial charge in [-0.2, -0.15) is 5.26 Å². The topological polar surface area (TPSA) is 112 Å². The molecule has 2 fully saturated rings. The van der Waals surface area contributed by atoms with Gasteiger partial charge in [0.2, 0.25) is 5.43 Å².